The normalized spacial score (nSPS) is 10.6. The van der Waals surface area contributed by atoms with Gasteiger partial charge < -0.3 is 14.8 Å². The third kappa shape index (κ3) is 7.55. The van der Waals surface area contributed by atoms with Gasteiger partial charge in [-0.1, -0.05) is 23.7 Å². The zero-order valence-corrected chi connectivity index (χ0v) is 22.8. The Balaban J connectivity index is 1.43. The minimum absolute atomic E-state index is 0.126. The summed E-state index contributed by atoms with van der Waals surface area (Å²) >= 11 is 5.88. The Morgan fingerprint density at radius 1 is 0.905 bits per heavy atom. The Morgan fingerprint density at radius 3 is 2.29 bits per heavy atom. The van der Waals surface area contributed by atoms with E-state index >= 15 is 0 Å². The van der Waals surface area contributed by atoms with Gasteiger partial charge in [0, 0.05) is 22.7 Å². The molecule has 0 aromatic heterocycles. The molecule has 2 amide bonds. The number of nitrogens with one attached hydrogen (secondary N) is 2. The lowest BCUT2D eigenvalue weighted by molar-refractivity contribution is -0.384. The summed E-state index contributed by atoms with van der Waals surface area (Å²) in [4.78, 5) is 48.3. The van der Waals surface area contributed by atoms with E-state index in [-0.39, 0.29) is 34.9 Å². The average Bonchev–Trinajstić information content (AvgIpc) is 2.99. The molecule has 212 valence electrons. The highest BCUT2D eigenvalue weighted by Gasteiger charge is 2.16. The molecule has 0 saturated carbocycles. The van der Waals surface area contributed by atoms with Crippen molar-refractivity contribution in [3.8, 4) is 11.5 Å². The van der Waals surface area contributed by atoms with Crippen LogP contribution in [0, 0.1) is 10.1 Å². The van der Waals surface area contributed by atoms with Crippen molar-refractivity contribution in [3.05, 3.63) is 128 Å². The molecule has 12 heteroatoms. The van der Waals surface area contributed by atoms with Crippen LogP contribution in [-0.2, 0) is 0 Å². The van der Waals surface area contributed by atoms with Gasteiger partial charge in [0.05, 0.1) is 34.6 Å². The highest BCUT2D eigenvalue weighted by atomic mass is 35.5. The van der Waals surface area contributed by atoms with Gasteiger partial charge in [0.15, 0.2) is 11.5 Å². The maximum atomic E-state index is 12.8. The third-order valence-corrected chi connectivity index (χ3v) is 5.94. The number of benzene rings is 4. The summed E-state index contributed by atoms with van der Waals surface area (Å²) in [5.41, 5.74) is 3.79. The van der Waals surface area contributed by atoms with E-state index in [1.54, 1.807) is 67.6 Å². The van der Waals surface area contributed by atoms with Gasteiger partial charge in [-0.3, -0.25) is 19.7 Å². The molecular weight excluding hydrogens is 564 g/mol. The van der Waals surface area contributed by atoms with E-state index in [4.69, 9.17) is 21.1 Å². The molecular formula is C30H23ClN4O7. The number of carbonyl (C=O) groups excluding carboxylic acids is 3. The van der Waals surface area contributed by atoms with Gasteiger partial charge in [-0.05, 0) is 79.2 Å². The maximum Gasteiger partial charge on any atom is 0.343 e. The predicted octanol–water partition coefficient (Wildman–Crippen LogP) is 5.88. The van der Waals surface area contributed by atoms with E-state index in [1.807, 2.05) is 0 Å². The number of amides is 2. The average molecular weight is 587 g/mol. The number of nitrogens with zero attached hydrogens (tertiary/aromatic N) is 2. The number of nitro benzene ring substituents is 1. The lowest BCUT2D eigenvalue weighted by Crippen LogP contribution is -2.21. The fourth-order valence-electron chi connectivity index (χ4n) is 3.65. The second kappa shape index (κ2) is 13.7. The predicted molar refractivity (Wildman–Crippen MR) is 157 cm³/mol. The van der Waals surface area contributed by atoms with Gasteiger partial charge in [-0.15, -0.1) is 0 Å². The summed E-state index contributed by atoms with van der Waals surface area (Å²) in [5.74, 6) is -1.31. The fourth-order valence-corrected chi connectivity index (χ4v) is 3.77. The molecule has 4 rings (SSSR count). The van der Waals surface area contributed by atoms with Crippen LogP contribution < -0.4 is 20.2 Å². The van der Waals surface area contributed by atoms with Crippen LogP contribution in [0.2, 0.25) is 5.02 Å². The molecule has 4 aromatic rings. The first kappa shape index (κ1) is 29.4. The number of carbonyl (C=O) groups is 3. The number of nitro groups is 1. The number of hydrogen-bond acceptors (Lipinski definition) is 8. The first-order valence-corrected chi connectivity index (χ1v) is 12.9. The van der Waals surface area contributed by atoms with Gasteiger partial charge in [-0.25, -0.2) is 10.2 Å². The lowest BCUT2D eigenvalue weighted by Gasteiger charge is -2.11. The van der Waals surface area contributed by atoms with Gasteiger partial charge in [0.25, 0.3) is 17.5 Å². The molecule has 0 saturated heterocycles. The van der Waals surface area contributed by atoms with Gasteiger partial charge in [0.2, 0.25) is 0 Å². The van der Waals surface area contributed by atoms with Crippen LogP contribution in [0.25, 0.3) is 0 Å². The van der Waals surface area contributed by atoms with Crippen LogP contribution in [0.1, 0.15) is 43.6 Å². The third-order valence-electron chi connectivity index (χ3n) is 5.69. The topological polar surface area (TPSA) is 149 Å². The van der Waals surface area contributed by atoms with Gasteiger partial charge >= 0.3 is 5.97 Å². The van der Waals surface area contributed by atoms with Crippen molar-refractivity contribution in [2.45, 2.75) is 6.92 Å². The molecule has 0 atom stereocenters. The summed E-state index contributed by atoms with van der Waals surface area (Å²) in [7, 11) is 0. The zero-order valence-electron chi connectivity index (χ0n) is 22.1. The smallest absolute Gasteiger partial charge is 0.343 e. The van der Waals surface area contributed by atoms with Gasteiger partial charge in [0.1, 0.15) is 0 Å². The second-order valence-electron chi connectivity index (χ2n) is 8.54. The summed E-state index contributed by atoms with van der Waals surface area (Å²) < 4.78 is 11.0. The highest BCUT2D eigenvalue weighted by Crippen LogP contribution is 2.29. The van der Waals surface area contributed by atoms with Crippen molar-refractivity contribution in [2.24, 2.45) is 5.10 Å². The van der Waals surface area contributed by atoms with Crippen molar-refractivity contribution in [1.82, 2.24) is 5.43 Å². The van der Waals surface area contributed by atoms with E-state index in [0.717, 1.165) is 0 Å². The molecule has 0 fully saturated rings. The van der Waals surface area contributed by atoms with Gasteiger partial charge in [-0.2, -0.15) is 5.10 Å². The monoisotopic (exact) mass is 586 g/mol. The Kier molecular flexibility index (Phi) is 9.59. The molecule has 0 radical (unpaired) electrons. The minimum atomic E-state index is -0.721. The molecule has 0 aliphatic rings. The van der Waals surface area contributed by atoms with Crippen LogP contribution in [0.4, 0.5) is 11.4 Å². The largest absolute Gasteiger partial charge is 0.490 e. The summed E-state index contributed by atoms with van der Waals surface area (Å²) in [6.07, 6.45) is 1.37. The Labute approximate surface area is 244 Å². The van der Waals surface area contributed by atoms with Crippen LogP contribution in [0.15, 0.2) is 96.1 Å². The number of halogens is 1. The van der Waals surface area contributed by atoms with Crippen LogP contribution >= 0.6 is 11.6 Å². The highest BCUT2D eigenvalue weighted by molar-refractivity contribution is 6.30. The summed E-state index contributed by atoms with van der Waals surface area (Å²) in [6.45, 7) is 2.03. The molecule has 42 heavy (non-hydrogen) atoms. The first-order chi connectivity index (χ1) is 20.2. The van der Waals surface area contributed by atoms with Crippen molar-refractivity contribution < 1.29 is 28.8 Å². The van der Waals surface area contributed by atoms with Crippen molar-refractivity contribution in [3.63, 3.8) is 0 Å². The molecule has 0 spiro atoms. The SMILES string of the molecule is CCOc1cc(/C=N\NC(=O)c2ccccc2NC(=O)c2ccc(Cl)cc2)ccc1OC(=O)c1ccc([N+](=O)[O-])cc1. The molecule has 0 bridgehead atoms. The van der Waals surface area contributed by atoms with Crippen LogP contribution in [-0.4, -0.2) is 35.5 Å². The Bertz CT molecular complexity index is 1660. The number of ether oxygens (including phenoxy) is 2. The van der Waals surface area contributed by atoms with E-state index in [2.05, 4.69) is 15.8 Å². The standard InChI is InChI=1S/C30H23ClN4O7/c1-2-41-27-17-19(7-16-26(27)42-30(38)21-10-14-23(15-11-21)35(39)40)18-32-34-29(37)24-5-3-4-6-25(24)33-28(36)20-8-12-22(31)13-9-20/h3-18H,2H2,1H3,(H,33,36)(H,34,37)/b32-18-. The van der Waals surface area contributed by atoms with Crippen molar-refractivity contribution >= 4 is 47.0 Å². The number of hydrazone groups is 1. The number of hydrogen-bond donors (Lipinski definition) is 2. The minimum Gasteiger partial charge on any atom is -0.490 e. The molecule has 11 nitrogen and oxygen atoms in total. The maximum absolute atomic E-state index is 12.8. The van der Waals surface area contributed by atoms with E-state index in [0.29, 0.717) is 21.8 Å². The van der Waals surface area contributed by atoms with Crippen molar-refractivity contribution in [2.75, 3.05) is 11.9 Å². The molecule has 0 heterocycles. The fraction of sp³-hybridized carbons (Fsp3) is 0.0667. The van der Waals surface area contributed by atoms with E-state index in [1.165, 1.54) is 36.5 Å². The number of anilines is 1. The molecule has 0 aliphatic carbocycles. The first-order valence-electron chi connectivity index (χ1n) is 12.5. The zero-order chi connectivity index (χ0) is 30.1. The number of rotatable bonds is 10. The second-order valence-corrected chi connectivity index (χ2v) is 8.97. The van der Waals surface area contributed by atoms with Crippen LogP contribution in [0.3, 0.4) is 0 Å². The van der Waals surface area contributed by atoms with Crippen molar-refractivity contribution in [1.29, 1.82) is 0 Å². The van der Waals surface area contributed by atoms with E-state index in [9.17, 15) is 24.5 Å². The Hall–Kier alpha value is -5.55. The summed E-state index contributed by atoms with van der Waals surface area (Å²) in [5, 5.41) is 18.0. The Morgan fingerprint density at radius 2 is 1.60 bits per heavy atom. The molecule has 4 aromatic carbocycles. The molecule has 2 N–H and O–H groups in total. The molecule has 0 unspecified atom stereocenters. The number of non-ortho nitro benzene ring substituents is 1. The molecule has 0 aliphatic heterocycles. The quantitative estimate of drug-likeness (QED) is 0.0774. The lowest BCUT2D eigenvalue weighted by atomic mass is 10.1. The van der Waals surface area contributed by atoms with Crippen LogP contribution in [0.5, 0.6) is 11.5 Å². The van der Waals surface area contributed by atoms with E-state index < -0.39 is 22.7 Å². The number of esters is 1. The summed E-state index contributed by atoms with van der Waals surface area (Å²) in [6, 6.07) is 22.5. The number of para-hydroxylation sites is 1.